The third-order valence-electron chi connectivity index (χ3n) is 1.70. The summed E-state index contributed by atoms with van der Waals surface area (Å²) in [5.74, 6) is -0.979. The van der Waals surface area contributed by atoms with Crippen LogP contribution in [-0.4, -0.2) is 17.4 Å². The first kappa shape index (κ1) is 8.40. The molecule has 66 valence electrons. The van der Waals surface area contributed by atoms with Crippen LogP contribution in [0.1, 0.15) is 20.7 Å². The molecule has 0 amide bonds. The number of rotatable bonds is 2. The van der Waals surface area contributed by atoms with Crippen molar-refractivity contribution in [3.63, 3.8) is 0 Å². The van der Waals surface area contributed by atoms with Crippen molar-refractivity contribution in [2.24, 2.45) is 0 Å². The lowest BCUT2D eigenvalue weighted by molar-refractivity contribution is 0.0699. The van der Waals surface area contributed by atoms with Gasteiger partial charge in [-0.3, -0.25) is 4.79 Å². The molecule has 13 heavy (non-hydrogen) atoms. The van der Waals surface area contributed by atoms with E-state index in [-0.39, 0.29) is 5.56 Å². The molecular formula is C8H4O3S2. The summed E-state index contributed by atoms with van der Waals surface area (Å²) in [6.07, 6.45) is 0.692. The molecule has 2 rings (SSSR count). The summed E-state index contributed by atoms with van der Waals surface area (Å²) in [6.45, 7) is 0. The molecule has 0 aromatic carbocycles. The molecule has 2 heterocycles. The van der Waals surface area contributed by atoms with Crippen molar-refractivity contribution in [1.82, 2.24) is 0 Å². The van der Waals surface area contributed by atoms with Crippen LogP contribution in [0.4, 0.5) is 0 Å². The summed E-state index contributed by atoms with van der Waals surface area (Å²) >= 11 is 2.76. The highest BCUT2D eigenvalue weighted by atomic mass is 32.2. The Morgan fingerprint density at radius 2 is 2.08 bits per heavy atom. The van der Waals surface area contributed by atoms with Crippen LogP contribution in [0.3, 0.4) is 0 Å². The third kappa shape index (κ3) is 1.16. The molecule has 0 aliphatic heterocycles. The Morgan fingerprint density at radius 3 is 2.69 bits per heavy atom. The van der Waals surface area contributed by atoms with E-state index in [0.29, 0.717) is 17.2 Å². The van der Waals surface area contributed by atoms with Crippen molar-refractivity contribution in [3.05, 3.63) is 21.9 Å². The van der Waals surface area contributed by atoms with Gasteiger partial charge in [-0.15, -0.1) is 22.7 Å². The highest BCUT2D eigenvalue weighted by molar-refractivity contribution is 7.37. The first-order valence-corrected chi connectivity index (χ1v) is 5.17. The molecule has 5 heteroatoms. The van der Waals surface area contributed by atoms with Gasteiger partial charge < -0.3 is 5.11 Å². The van der Waals surface area contributed by atoms with Crippen molar-refractivity contribution >= 4 is 44.3 Å². The van der Waals surface area contributed by atoms with E-state index in [4.69, 9.17) is 5.11 Å². The van der Waals surface area contributed by atoms with Gasteiger partial charge in [0, 0.05) is 21.7 Å². The monoisotopic (exact) mass is 212 g/mol. The van der Waals surface area contributed by atoms with Crippen molar-refractivity contribution in [3.8, 4) is 0 Å². The predicted molar refractivity (Wildman–Crippen MR) is 52.0 cm³/mol. The quantitative estimate of drug-likeness (QED) is 0.778. The Balaban J connectivity index is 2.82. The number of aldehydes is 1. The van der Waals surface area contributed by atoms with E-state index in [1.165, 1.54) is 22.7 Å². The number of thiophene rings is 2. The van der Waals surface area contributed by atoms with Gasteiger partial charge in [0.1, 0.15) is 0 Å². The molecule has 2 aromatic rings. The van der Waals surface area contributed by atoms with Gasteiger partial charge in [0.25, 0.3) is 0 Å². The van der Waals surface area contributed by atoms with Crippen LogP contribution < -0.4 is 0 Å². The highest BCUT2D eigenvalue weighted by Gasteiger charge is 2.15. The Labute approximate surface area is 81.2 Å². The number of hydrogen-bond acceptors (Lipinski definition) is 4. The molecule has 0 spiro atoms. The fraction of sp³-hybridized carbons (Fsp3) is 0. The number of carboxylic acids is 1. The number of hydrogen-bond donors (Lipinski definition) is 1. The molecule has 0 aliphatic rings. The standard InChI is InChI=1S/C8H4O3S2/c9-1-4-2-12-8-6(4)5(3-13-8)7(10)11/h1-3H,(H,10,11). The average Bonchev–Trinajstić information content (AvgIpc) is 2.61. The molecule has 0 radical (unpaired) electrons. The Bertz CT molecular complexity index is 481. The number of carbonyl (C=O) groups is 2. The number of carbonyl (C=O) groups excluding carboxylic acids is 1. The molecule has 0 fully saturated rings. The summed E-state index contributed by atoms with van der Waals surface area (Å²) in [7, 11) is 0. The summed E-state index contributed by atoms with van der Waals surface area (Å²) in [5, 5.41) is 12.6. The lowest BCUT2D eigenvalue weighted by Crippen LogP contribution is -1.94. The molecule has 0 saturated heterocycles. The second kappa shape index (κ2) is 2.93. The fourth-order valence-electron chi connectivity index (χ4n) is 1.12. The van der Waals surface area contributed by atoms with Crippen molar-refractivity contribution < 1.29 is 14.7 Å². The smallest absolute Gasteiger partial charge is 0.337 e. The highest BCUT2D eigenvalue weighted by Crippen LogP contribution is 2.33. The van der Waals surface area contributed by atoms with Crippen molar-refractivity contribution in [2.45, 2.75) is 0 Å². The lowest BCUT2D eigenvalue weighted by atomic mass is 10.2. The molecular weight excluding hydrogens is 208 g/mol. The van der Waals surface area contributed by atoms with E-state index >= 15 is 0 Å². The Morgan fingerprint density at radius 1 is 1.38 bits per heavy atom. The van der Waals surface area contributed by atoms with Crippen LogP contribution in [0.25, 0.3) is 9.40 Å². The second-order valence-electron chi connectivity index (χ2n) is 2.43. The second-order valence-corrected chi connectivity index (χ2v) is 4.44. The molecule has 0 saturated carbocycles. The van der Waals surface area contributed by atoms with Crippen LogP contribution >= 0.6 is 22.7 Å². The van der Waals surface area contributed by atoms with Crippen LogP contribution in [-0.2, 0) is 0 Å². The largest absolute Gasteiger partial charge is 0.478 e. The maximum atomic E-state index is 10.7. The van der Waals surface area contributed by atoms with Gasteiger partial charge in [-0.2, -0.15) is 0 Å². The van der Waals surface area contributed by atoms with Crippen LogP contribution in [0.5, 0.6) is 0 Å². The molecule has 0 atom stereocenters. The van der Waals surface area contributed by atoms with Gasteiger partial charge in [-0.25, -0.2) is 4.79 Å². The minimum Gasteiger partial charge on any atom is -0.478 e. The molecule has 2 aromatic heterocycles. The van der Waals surface area contributed by atoms with E-state index in [1.807, 2.05) is 0 Å². The van der Waals surface area contributed by atoms with Crippen molar-refractivity contribution in [2.75, 3.05) is 0 Å². The Hall–Kier alpha value is -1.20. The predicted octanol–water partition coefficient (Wildman–Crippen LogP) is 2.47. The summed E-state index contributed by atoms with van der Waals surface area (Å²) in [5.41, 5.74) is 0.696. The SMILES string of the molecule is O=Cc1csc2scc(C(=O)O)c12. The van der Waals surface area contributed by atoms with E-state index in [9.17, 15) is 9.59 Å². The molecule has 0 unspecified atom stereocenters. The average molecular weight is 212 g/mol. The van der Waals surface area contributed by atoms with E-state index in [0.717, 1.165) is 4.01 Å². The van der Waals surface area contributed by atoms with Gasteiger partial charge in [-0.05, 0) is 0 Å². The lowest BCUT2D eigenvalue weighted by Gasteiger charge is -1.87. The molecule has 0 bridgehead atoms. The first-order chi connectivity index (χ1) is 6.24. The van der Waals surface area contributed by atoms with Crippen molar-refractivity contribution in [1.29, 1.82) is 0 Å². The van der Waals surface area contributed by atoms with Crippen LogP contribution in [0, 0.1) is 0 Å². The van der Waals surface area contributed by atoms with E-state index < -0.39 is 5.97 Å². The number of fused-ring (bicyclic) bond motifs is 1. The summed E-state index contributed by atoms with van der Waals surface area (Å²) in [6, 6.07) is 0. The molecule has 0 aliphatic carbocycles. The van der Waals surface area contributed by atoms with E-state index in [1.54, 1.807) is 10.8 Å². The van der Waals surface area contributed by atoms with E-state index in [2.05, 4.69) is 0 Å². The zero-order valence-electron chi connectivity index (χ0n) is 6.31. The minimum absolute atomic E-state index is 0.225. The normalized spacial score (nSPS) is 10.5. The number of aromatic carboxylic acids is 1. The van der Waals surface area contributed by atoms with Gasteiger partial charge in [-0.1, -0.05) is 0 Å². The van der Waals surface area contributed by atoms with Gasteiger partial charge in [0.15, 0.2) is 6.29 Å². The summed E-state index contributed by atoms with van der Waals surface area (Å²) in [4.78, 5) is 21.3. The first-order valence-electron chi connectivity index (χ1n) is 3.41. The maximum absolute atomic E-state index is 10.7. The van der Waals surface area contributed by atoms with Crippen LogP contribution in [0.2, 0.25) is 0 Å². The number of carboxylic acid groups (broad SMARTS) is 1. The third-order valence-corrected chi connectivity index (χ3v) is 3.84. The Kier molecular flexibility index (Phi) is 1.90. The van der Waals surface area contributed by atoms with Crippen LogP contribution in [0.15, 0.2) is 10.8 Å². The summed E-state index contributed by atoms with van der Waals surface area (Å²) < 4.78 is 0.888. The molecule has 1 N–H and O–H groups in total. The maximum Gasteiger partial charge on any atom is 0.337 e. The van der Waals surface area contributed by atoms with Gasteiger partial charge in [0.2, 0.25) is 0 Å². The van der Waals surface area contributed by atoms with Gasteiger partial charge in [0.05, 0.1) is 9.58 Å². The topological polar surface area (TPSA) is 54.4 Å². The minimum atomic E-state index is -0.979. The zero-order valence-corrected chi connectivity index (χ0v) is 7.95. The zero-order chi connectivity index (χ0) is 9.42. The fourth-order valence-corrected chi connectivity index (χ4v) is 3.17. The van der Waals surface area contributed by atoms with Gasteiger partial charge >= 0.3 is 5.97 Å². The molecule has 3 nitrogen and oxygen atoms in total.